The predicted molar refractivity (Wildman–Crippen MR) is 77.6 cm³/mol. The molecule has 0 spiro atoms. The Kier molecular flexibility index (Phi) is 5.23. The highest BCUT2D eigenvalue weighted by molar-refractivity contribution is 5.94. The second-order valence-corrected chi connectivity index (χ2v) is 4.75. The number of morpholine rings is 1. The van der Waals surface area contributed by atoms with Crippen molar-refractivity contribution in [3.63, 3.8) is 0 Å². The lowest BCUT2D eigenvalue weighted by Gasteiger charge is -2.27. The van der Waals surface area contributed by atoms with Crippen molar-refractivity contribution in [3.8, 4) is 5.75 Å². The zero-order chi connectivity index (χ0) is 13.1. The van der Waals surface area contributed by atoms with E-state index in [0.29, 0.717) is 32.9 Å². The number of carbonyl (C=O) groups is 1. The molecule has 0 bridgehead atoms. The smallest absolute Gasteiger partial charge is 0.254 e. The summed E-state index contributed by atoms with van der Waals surface area (Å²) < 4.78 is 10.9. The minimum atomic E-state index is 0. The number of amides is 1. The van der Waals surface area contributed by atoms with E-state index in [2.05, 4.69) is 5.32 Å². The molecule has 1 saturated heterocycles. The fourth-order valence-electron chi connectivity index (χ4n) is 2.40. The third-order valence-corrected chi connectivity index (χ3v) is 3.46. The average Bonchev–Trinajstić information content (AvgIpc) is 2.72. The number of hydrogen-bond donors (Lipinski definition) is 1. The quantitative estimate of drug-likeness (QED) is 0.842. The van der Waals surface area contributed by atoms with Gasteiger partial charge >= 0.3 is 0 Å². The van der Waals surface area contributed by atoms with Crippen LogP contribution in [0.1, 0.15) is 15.9 Å². The van der Waals surface area contributed by atoms with Crippen LogP contribution in [0.25, 0.3) is 0 Å². The van der Waals surface area contributed by atoms with E-state index in [1.165, 1.54) is 0 Å². The van der Waals surface area contributed by atoms with Gasteiger partial charge in [-0.15, -0.1) is 12.4 Å². The van der Waals surface area contributed by atoms with Gasteiger partial charge in [-0.25, -0.2) is 0 Å². The molecule has 0 aliphatic carbocycles. The Morgan fingerprint density at radius 1 is 1.20 bits per heavy atom. The SMILES string of the molecule is Cl.O=C(c1ccc2c(c1)CNCCO2)N1CCOCC1. The number of hydrogen-bond acceptors (Lipinski definition) is 4. The van der Waals surface area contributed by atoms with Gasteiger partial charge in [0.05, 0.1) is 13.2 Å². The molecule has 2 aliphatic heterocycles. The molecule has 2 heterocycles. The van der Waals surface area contributed by atoms with E-state index in [-0.39, 0.29) is 18.3 Å². The van der Waals surface area contributed by atoms with E-state index in [9.17, 15) is 4.79 Å². The molecule has 6 heteroatoms. The molecule has 1 N–H and O–H groups in total. The summed E-state index contributed by atoms with van der Waals surface area (Å²) >= 11 is 0. The molecule has 0 unspecified atom stereocenters. The number of rotatable bonds is 1. The second kappa shape index (κ2) is 6.92. The van der Waals surface area contributed by atoms with Crippen molar-refractivity contribution in [3.05, 3.63) is 29.3 Å². The molecule has 1 aromatic carbocycles. The van der Waals surface area contributed by atoms with Crippen LogP contribution in [0.5, 0.6) is 5.75 Å². The Labute approximate surface area is 124 Å². The number of ether oxygens (including phenoxy) is 2. The van der Waals surface area contributed by atoms with Crippen molar-refractivity contribution < 1.29 is 14.3 Å². The maximum absolute atomic E-state index is 12.4. The van der Waals surface area contributed by atoms with E-state index < -0.39 is 0 Å². The van der Waals surface area contributed by atoms with Crippen molar-refractivity contribution in [2.45, 2.75) is 6.54 Å². The summed E-state index contributed by atoms with van der Waals surface area (Å²) in [6.07, 6.45) is 0. The van der Waals surface area contributed by atoms with Crippen molar-refractivity contribution in [1.82, 2.24) is 10.2 Å². The van der Waals surface area contributed by atoms with Gasteiger partial charge in [0, 0.05) is 37.3 Å². The molecule has 0 saturated carbocycles. The normalized spacial score (nSPS) is 18.3. The maximum Gasteiger partial charge on any atom is 0.254 e. The first-order chi connectivity index (χ1) is 9.34. The van der Waals surface area contributed by atoms with Crippen LogP contribution in [0.4, 0.5) is 0 Å². The molecule has 0 aromatic heterocycles. The number of halogens is 1. The highest BCUT2D eigenvalue weighted by Gasteiger charge is 2.20. The van der Waals surface area contributed by atoms with Crippen LogP contribution in [0.2, 0.25) is 0 Å². The molecule has 0 atom stereocenters. The number of nitrogens with one attached hydrogen (secondary N) is 1. The minimum Gasteiger partial charge on any atom is -0.492 e. The summed E-state index contributed by atoms with van der Waals surface area (Å²) in [5.74, 6) is 0.957. The predicted octanol–water partition coefficient (Wildman–Crippen LogP) is 1.06. The number of fused-ring (bicyclic) bond motifs is 1. The molecular weight excluding hydrogens is 280 g/mol. The van der Waals surface area contributed by atoms with Crippen molar-refractivity contribution in [1.29, 1.82) is 0 Å². The monoisotopic (exact) mass is 298 g/mol. The van der Waals surface area contributed by atoms with E-state index in [1.54, 1.807) is 0 Å². The Morgan fingerprint density at radius 2 is 2.00 bits per heavy atom. The van der Waals surface area contributed by atoms with Gasteiger partial charge in [0.15, 0.2) is 0 Å². The van der Waals surface area contributed by atoms with Crippen molar-refractivity contribution in [2.24, 2.45) is 0 Å². The Hall–Kier alpha value is -1.30. The van der Waals surface area contributed by atoms with E-state index in [1.807, 2.05) is 23.1 Å². The van der Waals surface area contributed by atoms with Gasteiger partial charge in [0.25, 0.3) is 5.91 Å². The molecule has 110 valence electrons. The van der Waals surface area contributed by atoms with Crippen LogP contribution in [-0.2, 0) is 11.3 Å². The summed E-state index contributed by atoms with van der Waals surface area (Å²) in [7, 11) is 0. The largest absolute Gasteiger partial charge is 0.492 e. The number of benzene rings is 1. The molecule has 0 radical (unpaired) electrons. The highest BCUT2D eigenvalue weighted by atomic mass is 35.5. The van der Waals surface area contributed by atoms with Gasteiger partial charge in [0.1, 0.15) is 12.4 Å². The van der Waals surface area contributed by atoms with Gasteiger partial charge in [-0.05, 0) is 18.2 Å². The summed E-state index contributed by atoms with van der Waals surface area (Å²) in [5.41, 5.74) is 1.78. The Morgan fingerprint density at radius 3 is 2.80 bits per heavy atom. The molecule has 3 rings (SSSR count). The molecule has 5 nitrogen and oxygen atoms in total. The standard InChI is InChI=1S/C14H18N2O3.ClH/c17-14(16-4-7-18-8-5-16)11-1-2-13-12(9-11)10-15-3-6-19-13;/h1-2,9,15H,3-8,10H2;1H. The summed E-state index contributed by atoms with van der Waals surface area (Å²) in [6.45, 7) is 4.85. The first-order valence-electron chi connectivity index (χ1n) is 6.68. The Bertz CT molecular complexity index is 475. The number of nitrogens with zero attached hydrogens (tertiary/aromatic N) is 1. The van der Waals surface area contributed by atoms with Crippen LogP contribution in [0.3, 0.4) is 0 Å². The molecule has 20 heavy (non-hydrogen) atoms. The number of carbonyl (C=O) groups excluding carboxylic acids is 1. The first kappa shape index (κ1) is 15.1. The highest BCUT2D eigenvalue weighted by Crippen LogP contribution is 2.22. The van der Waals surface area contributed by atoms with Crippen LogP contribution in [-0.4, -0.2) is 50.3 Å². The second-order valence-electron chi connectivity index (χ2n) is 4.75. The summed E-state index contributed by atoms with van der Waals surface area (Å²) in [6, 6.07) is 5.68. The molecule has 1 fully saturated rings. The zero-order valence-corrected chi connectivity index (χ0v) is 12.1. The molecule has 1 amide bonds. The zero-order valence-electron chi connectivity index (χ0n) is 11.3. The Balaban J connectivity index is 0.00000147. The first-order valence-corrected chi connectivity index (χ1v) is 6.68. The lowest BCUT2D eigenvalue weighted by atomic mass is 10.1. The fraction of sp³-hybridized carbons (Fsp3) is 0.500. The van der Waals surface area contributed by atoms with Gasteiger partial charge in [-0.3, -0.25) is 4.79 Å². The third-order valence-electron chi connectivity index (χ3n) is 3.46. The van der Waals surface area contributed by atoms with Crippen LogP contribution in [0.15, 0.2) is 18.2 Å². The van der Waals surface area contributed by atoms with Crippen molar-refractivity contribution >= 4 is 18.3 Å². The molecule has 2 aliphatic rings. The van der Waals surface area contributed by atoms with Crippen LogP contribution < -0.4 is 10.1 Å². The summed E-state index contributed by atoms with van der Waals surface area (Å²) in [5, 5.41) is 3.28. The van der Waals surface area contributed by atoms with E-state index in [4.69, 9.17) is 9.47 Å². The van der Waals surface area contributed by atoms with Crippen LogP contribution >= 0.6 is 12.4 Å². The van der Waals surface area contributed by atoms with Crippen LogP contribution in [0, 0.1) is 0 Å². The van der Waals surface area contributed by atoms with E-state index in [0.717, 1.165) is 30.0 Å². The fourth-order valence-corrected chi connectivity index (χ4v) is 2.40. The van der Waals surface area contributed by atoms with Crippen molar-refractivity contribution in [2.75, 3.05) is 39.5 Å². The summed E-state index contributed by atoms with van der Waals surface area (Å²) in [4.78, 5) is 14.2. The van der Waals surface area contributed by atoms with E-state index >= 15 is 0 Å². The van der Waals surface area contributed by atoms with Gasteiger partial charge in [-0.2, -0.15) is 0 Å². The van der Waals surface area contributed by atoms with Gasteiger partial charge < -0.3 is 19.7 Å². The molecule has 1 aromatic rings. The topological polar surface area (TPSA) is 50.8 Å². The maximum atomic E-state index is 12.4. The lowest BCUT2D eigenvalue weighted by Crippen LogP contribution is -2.40. The minimum absolute atomic E-state index is 0. The average molecular weight is 299 g/mol. The van der Waals surface area contributed by atoms with Gasteiger partial charge in [0.2, 0.25) is 0 Å². The lowest BCUT2D eigenvalue weighted by molar-refractivity contribution is 0.0303. The van der Waals surface area contributed by atoms with Gasteiger partial charge in [-0.1, -0.05) is 0 Å². The third kappa shape index (κ3) is 3.23. The molecular formula is C14H19ClN2O3.